The minimum absolute atomic E-state index is 0.108. The Hall–Kier alpha value is -2.30. The molecule has 2 aromatic rings. The highest BCUT2D eigenvalue weighted by Gasteiger charge is 2.44. The van der Waals surface area contributed by atoms with E-state index in [2.05, 4.69) is 20.3 Å². The number of hydrogen-bond donors (Lipinski definition) is 4. The Labute approximate surface area is 137 Å². The number of rotatable bonds is 5. The van der Waals surface area contributed by atoms with Gasteiger partial charge in [-0.2, -0.15) is 0 Å². The Kier molecular flexibility index (Phi) is 4.60. The molecule has 10 heteroatoms. The number of nitrogens with one attached hydrogen (secondary N) is 1. The molecule has 0 radical (unpaired) electrons. The van der Waals surface area contributed by atoms with Crippen LogP contribution in [-0.4, -0.2) is 60.5 Å². The molecule has 0 aromatic carbocycles. The summed E-state index contributed by atoms with van der Waals surface area (Å²) in [4.78, 5) is 23.6. The summed E-state index contributed by atoms with van der Waals surface area (Å²) in [7, 11) is 0. The highest BCUT2D eigenvalue weighted by molar-refractivity contribution is 5.81. The lowest BCUT2D eigenvalue weighted by molar-refractivity contribution is -0.122. The van der Waals surface area contributed by atoms with Crippen molar-refractivity contribution in [3.05, 3.63) is 12.7 Å². The Morgan fingerprint density at radius 3 is 2.92 bits per heavy atom. The van der Waals surface area contributed by atoms with Crippen molar-refractivity contribution in [3.8, 4) is 0 Å². The molecule has 1 fully saturated rings. The smallest absolute Gasteiger partial charge is 0.220 e. The molecule has 0 saturated carbocycles. The van der Waals surface area contributed by atoms with Gasteiger partial charge in [-0.05, 0) is 6.42 Å². The summed E-state index contributed by atoms with van der Waals surface area (Å²) in [5, 5.41) is 23.1. The first-order chi connectivity index (χ1) is 11.5. The van der Waals surface area contributed by atoms with Gasteiger partial charge in [0.2, 0.25) is 5.91 Å². The van der Waals surface area contributed by atoms with E-state index in [4.69, 9.17) is 10.5 Å². The topological polar surface area (TPSA) is 148 Å². The van der Waals surface area contributed by atoms with Crippen LogP contribution in [0.5, 0.6) is 0 Å². The van der Waals surface area contributed by atoms with Gasteiger partial charge in [-0.15, -0.1) is 0 Å². The molecule has 2 aromatic heterocycles. The third-order valence-corrected chi connectivity index (χ3v) is 3.98. The van der Waals surface area contributed by atoms with Crippen LogP contribution in [0.1, 0.15) is 26.0 Å². The second-order valence-electron chi connectivity index (χ2n) is 5.68. The fourth-order valence-corrected chi connectivity index (χ4v) is 2.71. The molecule has 5 N–H and O–H groups in total. The zero-order valence-corrected chi connectivity index (χ0v) is 13.2. The monoisotopic (exact) mass is 336 g/mol. The molecular weight excluding hydrogens is 316 g/mol. The third-order valence-electron chi connectivity index (χ3n) is 3.98. The number of ether oxygens (including phenoxy) is 1. The highest BCUT2D eigenvalue weighted by atomic mass is 16.6. The molecule has 130 valence electrons. The quantitative estimate of drug-likeness (QED) is 0.540. The van der Waals surface area contributed by atoms with Gasteiger partial charge in [-0.3, -0.25) is 9.36 Å². The van der Waals surface area contributed by atoms with Crippen molar-refractivity contribution >= 4 is 22.9 Å². The van der Waals surface area contributed by atoms with Crippen LogP contribution in [0.15, 0.2) is 12.7 Å². The second kappa shape index (κ2) is 6.67. The average molecular weight is 336 g/mol. The van der Waals surface area contributed by atoms with E-state index in [-0.39, 0.29) is 18.3 Å². The predicted molar refractivity (Wildman–Crippen MR) is 83.6 cm³/mol. The van der Waals surface area contributed by atoms with Crippen LogP contribution in [0.4, 0.5) is 5.82 Å². The summed E-state index contributed by atoms with van der Waals surface area (Å²) in [5.74, 6) is 0.0926. The molecule has 24 heavy (non-hydrogen) atoms. The Morgan fingerprint density at radius 2 is 2.17 bits per heavy atom. The van der Waals surface area contributed by atoms with E-state index in [0.717, 1.165) is 6.42 Å². The molecule has 1 aliphatic rings. The van der Waals surface area contributed by atoms with Gasteiger partial charge in [0, 0.05) is 13.0 Å². The lowest BCUT2D eigenvalue weighted by Crippen LogP contribution is -2.39. The van der Waals surface area contributed by atoms with E-state index < -0.39 is 24.5 Å². The summed E-state index contributed by atoms with van der Waals surface area (Å²) >= 11 is 0. The van der Waals surface area contributed by atoms with Crippen molar-refractivity contribution in [2.75, 3.05) is 12.3 Å². The number of imidazole rings is 1. The van der Waals surface area contributed by atoms with E-state index in [9.17, 15) is 15.0 Å². The first-order valence-electron chi connectivity index (χ1n) is 7.74. The van der Waals surface area contributed by atoms with Crippen molar-refractivity contribution in [1.29, 1.82) is 0 Å². The van der Waals surface area contributed by atoms with E-state index in [1.807, 2.05) is 6.92 Å². The SMILES string of the molecule is CCCC(=O)NC[C@H]1O[C@@H](n2cnc3c(N)ncnc32)C(O)C1O. The average Bonchev–Trinajstić information content (AvgIpc) is 3.10. The summed E-state index contributed by atoms with van der Waals surface area (Å²) in [6, 6.07) is 0. The number of aliphatic hydroxyl groups excluding tert-OH is 2. The maximum absolute atomic E-state index is 11.6. The number of nitrogens with two attached hydrogens (primary N) is 1. The van der Waals surface area contributed by atoms with Crippen molar-refractivity contribution in [2.45, 2.75) is 44.3 Å². The van der Waals surface area contributed by atoms with E-state index in [1.54, 1.807) is 0 Å². The number of carbonyl (C=O) groups excluding carboxylic acids is 1. The van der Waals surface area contributed by atoms with E-state index in [1.165, 1.54) is 17.2 Å². The summed E-state index contributed by atoms with van der Waals surface area (Å²) in [6.07, 6.45) is -0.107. The molecule has 1 aliphatic heterocycles. The molecular formula is C14H20N6O4. The van der Waals surface area contributed by atoms with Crippen LogP contribution >= 0.6 is 0 Å². The predicted octanol–water partition coefficient (Wildman–Crippen LogP) is -1.06. The number of aliphatic hydroxyl groups is 2. The lowest BCUT2D eigenvalue weighted by Gasteiger charge is -2.16. The minimum atomic E-state index is -1.19. The van der Waals surface area contributed by atoms with Gasteiger partial charge in [0.1, 0.15) is 30.2 Å². The van der Waals surface area contributed by atoms with Crippen molar-refractivity contribution < 1.29 is 19.7 Å². The molecule has 2 unspecified atom stereocenters. The normalized spacial score (nSPS) is 26.8. The number of amides is 1. The van der Waals surface area contributed by atoms with Gasteiger partial charge in [0.05, 0.1) is 6.33 Å². The molecule has 0 bridgehead atoms. The third kappa shape index (κ3) is 2.90. The van der Waals surface area contributed by atoms with Crippen LogP contribution in [0.25, 0.3) is 11.2 Å². The molecule has 10 nitrogen and oxygen atoms in total. The summed E-state index contributed by atoms with van der Waals surface area (Å²) in [5.41, 5.74) is 6.53. The number of anilines is 1. The van der Waals surface area contributed by atoms with Crippen molar-refractivity contribution in [2.24, 2.45) is 0 Å². The number of fused-ring (bicyclic) bond motifs is 1. The lowest BCUT2D eigenvalue weighted by atomic mass is 10.1. The second-order valence-corrected chi connectivity index (χ2v) is 5.68. The number of aromatic nitrogens is 4. The molecule has 0 aliphatic carbocycles. The van der Waals surface area contributed by atoms with Gasteiger partial charge in [-0.25, -0.2) is 15.0 Å². The van der Waals surface area contributed by atoms with Gasteiger partial charge in [-0.1, -0.05) is 6.92 Å². The number of carbonyl (C=O) groups is 1. The first kappa shape index (κ1) is 16.6. The summed E-state index contributed by atoms with van der Waals surface area (Å²) in [6.45, 7) is 2.01. The molecule has 4 atom stereocenters. The highest BCUT2D eigenvalue weighted by Crippen LogP contribution is 2.31. The fourth-order valence-electron chi connectivity index (χ4n) is 2.71. The van der Waals surface area contributed by atoms with Crippen molar-refractivity contribution in [1.82, 2.24) is 24.8 Å². The number of nitrogens with zero attached hydrogens (tertiary/aromatic N) is 4. The van der Waals surface area contributed by atoms with Crippen LogP contribution in [0, 0.1) is 0 Å². The van der Waals surface area contributed by atoms with E-state index >= 15 is 0 Å². The molecule has 1 amide bonds. The largest absolute Gasteiger partial charge is 0.387 e. The Bertz CT molecular complexity index is 735. The fraction of sp³-hybridized carbons (Fsp3) is 0.571. The van der Waals surface area contributed by atoms with Crippen LogP contribution < -0.4 is 11.1 Å². The molecule has 0 spiro atoms. The van der Waals surface area contributed by atoms with Gasteiger partial charge < -0.3 is 26.0 Å². The zero-order valence-electron chi connectivity index (χ0n) is 13.2. The van der Waals surface area contributed by atoms with Crippen LogP contribution in [0.3, 0.4) is 0 Å². The van der Waals surface area contributed by atoms with Gasteiger partial charge >= 0.3 is 0 Å². The minimum Gasteiger partial charge on any atom is -0.387 e. The Balaban J connectivity index is 1.77. The Morgan fingerprint density at radius 1 is 1.38 bits per heavy atom. The summed E-state index contributed by atoms with van der Waals surface area (Å²) < 4.78 is 7.21. The van der Waals surface area contributed by atoms with Crippen LogP contribution in [-0.2, 0) is 9.53 Å². The van der Waals surface area contributed by atoms with E-state index in [0.29, 0.717) is 17.6 Å². The standard InChI is InChI=1S/C14H20N6O4/c1-2-3-8(21)16-4-7-10(22)11(23)14(24-7)20-6-19-9-12(15)17-5-18-13(9)20/h5-7,10-11,14,22-23H,2-4H2,1H3,(H,16,21)(H2,15,17,18)/t7-,10?,11?,14-/m1/s1. The number of hydrogen-bond acceptors (Lipinski definition) is 8. The zero-order chi connectivity index (χ0) is 17.3. The first-order valence-corrected chi connectivity index (χ1v) is 7.74. The van der Waals surface area contributed by atoms with Crippen LogP contribution in [0.2, 0.25) is 0 Å². The van der Waals surface area contributed by atoms with Gasteiger partial charge in [0.25, 0.3) is 0 Å². The molecule has 3 rings (SSSR count). The molecule has 3 heterocycles. The van der Waals surface area contributed by atoms with Crippen molar-refractivity contribution in [3.63, 3.8) is 0 Å². The maximum Gasteiger partial charge on any atom is 0.220 e. The molecule has 1 saturated heterocycles. The number of nitrogen functional groups attached to an aromatic ring is 1. The van der Waals surface area contributed by atoms with Gasteiger partial charge in [0.15, 0.2) is 17.7 Å². The maximum atomic E-state index is 11.6.